The summed E-state index contributed by atoms with van der Waals surface area (Å²) in [6.45, 7) is 5.96. The third-order valence-corrected chi connectivity index (χ3v) is 9.74. The molecule has 0 bridgehead atoms. The Kier molecular flexibility index (Phi) is 7.19. The van der Waals surface area contributed by atoms with Crippen LogP contribution >= 0.6 is 0 Å². The molecule has 0 aliphatic carbocycles. The van der Waals surface area contributed by atoms with Crippen LogP contribution in [0.5, 0.6) is 0 Å². The lowest BCUT2D eigenvalue weighted by Crippen LogP contribution is -2.38. The van der Waals surface area contributed by atoms with Gasteiger partial charge < -0.3 is 10.7 Å². The first kappa shape index (κ1) is 25.0. The Labute approximate surface area is 213 Å². The number of fused-ring (bicyclic) bond motifs is 1. The topological polar surface area (TPSA) is 99.5 Å². The van der Waals surface area contributed by atoms with Crippen LogP contribution in [0.4, 0.5) is 0 Å². The summed E-state index contributed by atoms with van der Waals surface area (Å²) in [4.78, 5) is 18.2. The Bertz CT molecular complexity index is 1350. The van der Waals surface area contributed by atoms with Crippen molar-refractivity contribution in [1.29, 1.82) is 0 Å². The molecule has 8 heteroatoms. The zero-order chi connectivity index (χ0) is 25.3. The van der Waals surface area contributed by atoms with Gasteiger partial charge >= 0.3 is 0 Å². The van der Waals surface area contributed by atoms with Crippen LogP contribution in [-0.2, 0) is 16.6 Å². The Morgan fingerprint density at radius 2 is 1.78 bits per heavy atom. The number of hydrogen-bond acceptors (Lipinski definition) is 4. The number of primary amides is 1. The molecule has 2 aliphatic rings. The smallest absolute Gasteiger partial charge is 0.250 e. The largest absolute Gasteiger partial charge is 0.366 e. The summed E-state index contributed by atoms with van der Waals surface area (Å²) in [5.41, 5.74) is 11.5. The van der Waals surface area contributed by atoms with Crippen LogP contribution in [0.1, 0.15) is 66.4 Å². The van der Waals surface area contributed by atoms with E-state index in [2.05, 4.69) is 40.2 Å². The number of likely N-dealkylation sites (tertiary alicyclic amines) is 1. The Hall–Kier alpha value is -2.68. The van der Waals surface area contributed by atoms with E-state index in [1.807, 2.05) is 12.3 Å². The van der Waals surface area contributed by atoms with Crippen molar-refractivity contribution in [3.63, 3.8) is 0 Å². The number of carbonyl (C=O) groups is 1. The first-order valence-electron chi connectivity index (χ1n) is 13.1. The minimum atomic E-state index is -3.17. The van der Waals surface area contributed by atoms with Gasteiger partial charge in [0, 0.05) is 31.2 Å². The average Bonchev–Trinajstić information content (AvgIpc) is 3.33. The summed E-state index contributed by atoms with van der Waals surface area (Å²) in [6.07, 6.45) is 7.33. The molecule has 2 aromatic carbocycles. The number of amides is 1. The maximum Gasteiger partial charge on any atom is 0.250 e. The van der Waals surface area contributed by atoms with E-state index >= 15 is 0 Å². The summed E-state index contributed by atoms with van der Waals surface area (Å²) < 4.78 is 26.2. The quantitative estimate of drug-likeness (QED) is 0.493. The third-order valence-electron chi connectivity index (χ3n) is 7.85. The molecule has 2 aliphatic heterocycles. The van der Waals surface area contributed by atoms with E-state index in [9.17, 15) is 13.2 Å². The molecule has 0 radical (unpaired) electrons. The molecule has 3 aromatic rings. The predicted molar refractivity (Wildman–Crippen MR) is 144 cm³/mol. The standard InChI is InChI=1S/C28H36N4O3S/c1-2-36(34,35)32-13-9-21(10-14-32)26-18-30-27-24(26)16-23(17-25(27)28(29)33)22-8-6-7-20(15-22)19-31-11-4-3-5-12-31/h6-8,15-18,21,30H,2-5,9-14,19H2,1H3,(H2,29,33). The zero-order valence-electron chi connectivity index (χ0n) is 21.0. The Morgan fingerprint density at radius 3 is 2.47 bits per heavy atom. The van der Waals surface area contributed by atoms with Crippen molar-refractivity contribution in [3.05, 3.63) is 59.3 Å². The molecule has 0 spiro atoms. The molecular formula is C28H36N4O3S. The van der Waals surface area contributed by atoms with Gasteiger partial charge in [0.1, 0.15) is 0 Å². The number of nitrogens with one attached hydrogen (secondary N) is 1. The second kappa shape index (κ2) is 10.4. The summed E-state index contributed by atoms with van der Waals surface area (Å²) in [7, 11) is -3.17. The number of aromatic amines is 1. The van der Waals surface area contributed by atoms with Crippen molar-refractivity contribution in [2.45, 2.75) is 51.5 Å². The average molecular weight is 509 g/mol. The highest BCUT2D eigenvalue weighted by atomic mass is 32.2. The van der Waals surface area contributed by atoms with Crippen molar-refractivity contribution < 1.29 is 13.2 Å². The molecule has 2 fully saturated rings. The third kappa shape index (κ3) is 5.08. The van der Waals surface area contributed by atoms with Crippen LogP contribution in [-0.4, -0.2) is 60.4 Å². The predicted octanol–water partition coefficient (Wildman–Crippen LogP) is 4.45. The van der Waals surface area contributed by atoms with E-state index in [1.165, 1.54) is 24.8 Å². The number of nitrogens with zero attached hydrogens (tertiary/aromatic N) is 2. The molecule has 1 aromatic heterocycles. The maximum atomic E-state index is 12.4. The van der Waals surface area contributed by atoms with E-state index in [4.69, 9.17) is 5.73 Å². The summed E-state index contributed by atoms with van der Waals surface area (Å²) in [5.74, 6) is -0.0977. The van der Waals surface area contributed by atoms with Crippen molar-refractivity contribution in [3.8, 4) is 11.1 Å². The number of benzene rings is 2. The van der Waals surface area contributed by atoms with Crippen LogP contribution in [0.25, 0.3) is 22.0 Å². The molecule has 192 valence electrons. The summed E-state index contributed by atoms with van der Waals surface area (Å²) in [6, 6.07) is 12.6. The lowest BCUT2D eigenvalue weighted by atomic mass is 9.88. The van der Waals surface area contributed by atoms with E-state index < -0.39 is 15.9 Å². The molecule has 0 saturated carbocycles. The molecule has 0 atom stereocenters. The first-order valence-corrected chi connectivity index (χ1v) is 14.7. The molecule has 3 heterocycles. The lowest BCUT2D eigenvalue weighted by Gasteiger charge is -2.31. The van der Waals surface area contributed by atoms with Gasteiger partial charge in [0.25, 0.3) is 5.91 Å². The van der Waals surface area contributed by atoms with Gasteiger partial charge in [0.05, 0.1) is 16.8 Å². The van der Waals surface area contributed by atoms with Crippen molar-refractivity contribution in [2.24, 2.45) is 5.73 Å². The van der Waals surface area contributed by atoms with E-state index in [0.29, 0.717) is 18.7 Å². The van der Waals surface area contributed by atoms with Gasteiger partial charge in [0.2, 0.25) is 10.0 Å². The summed E-state index contributed by atoms with van der Waals surface area (Å²) in [5, 5.41) is 1.000. The fourth-order valence-corrected chi connectivity index (χ4v) is 6.94. The number of hydrogen-bond donors (Lipinski definition) is 2. The lowest BCUT2D eigenvalue weighted by molar-refractivity contribution is 0.100. The number of sulfonamides is 1. The summed E-state index contributed by atoms with van der Waals surface area (Å²) >= 11 is 0. The molecule has 0 unspecified atom stereocenters. The molecule has 36 heavy (non-hydrogen) atoms. The monoisotopic (exact) mass is 508 g/mol. The molecule has 2 saturated heterocycles. The van der Waals surface area contributed by atoms with Crippen molar-refractivity contribution >= 4 is 26.8 Å². The number of aromatic nitrogens is 1. The van der Waals surface area contributed by atoms with Gasteiger partial charge in [0.15, 0.2) is 0 Å². The zero-order valence-corrected chi connectivity index (χ0v) is 21.8. The van der Waals surface area contributed by atoms with Gasteiger partial charge in [-0.3, -0.25) is 9.69 Å². The minimum absolute atomic E-state index is 0.132. The van der Waals surface area contributed by atoms with Crippen LogP contribution < -0.4 is 5.73 Å². The van der Waals surface area contributed by atoms with Gasteiger partial charge in [-0.15, -0.1) is 0 Å². The Morgan fingerprint density at radius 1 is 1.03 bits per heavy atom. The van der Waals surface area contributed by atoms with Crippen molar-refractivity contribution in [1.82, 2.24) is 14.2 Å². The highest BCUT2D eigenvalue weighted by molar-refractivity contribution is 7.89. The second-order valence-corrected chi connectivity index (χ2v) is 12.4. The Balaban J connectivity index is 1.46. The van der Waals surface area contributed by atoms with Gasteiger partial charge in [-0.1, -0.05) is 24.6 Å². The van der Waals surface area contributed by atoms with Crippen LogP contribution in [0, 0.1) is 0 Å². The van der Waals surface area contributed by atoms with E-state index in [-0.39, 0.29) is 11.7 Å². The molecule has 7 nitrogen and oxygen atoms in total. The minimum Gasteiger partial charge on any atom is -0.366 e. The van der Waals surface area contributed by atoms with Crippen molar-refractivity contribution in [2.75, 3.05) is 31.9 Å². The number of rotatable bonds is 7. The van der Waals surface area contributed by atoms with Gasteiger partial charge in [-0.05, 0) is 92.1 Å². The van der Waals surface area contributed by atoms with Crippen LogP contribution in [0.2, 0.25) is 0 Å². The maximum absolute atomic E-state index is 12.4. The van der Waals surface area contributed by atoms with E-state index in [1.54, 1.807) is 11.2 Å². The van der Waals surface area contributed by atoms with E-state index in [0.717, 1.165) is 60.1 Å². The number of nitrogens with two attached hydrogens (primary N) is 1. The number of piperidine rings is 2. The second-order valence-electron chi connectivity index (χ2n) is 10.2. The molecule has 5 rings (SSSR count). The SMILES string of the molecule is CCS(=O)(=O)N1CCC(c2c[nH]c3c(C(N)=O)cc(-c4cccc(CN5CCCCC5)c4)cc23)CC1. The van der Waals surface area contributed by atoms with Gasteiger partial charge in [-0.2, -0.15) is 0 Å². The van der Waals surface area contributed by atoms with Crippen LogP contribution in [0.3, 0.4) is 0 Å². The highest BCUT2D eigenvalue weighted by Gasteiger charge is 2.29. The first-order chi connectivity index (χ1) is 17.4. The molecule has 3 N–H and O–H groups in total. The highest BCUT2D eigenvalue weighted by Crippen LogP contribution is 2.37. The molecule has 1 amide bonds. The number of H-pyrrole nitrogens is 1. The van der Waals surface area contributed by atoms with Gasteiger partial charge in [-0.25, -0.2) is 12.7 Å². The fourth-order valence-electron chi connectivity index (χ4n) is 5.80. The van der Waals surface area contributed by atoms with Crippen LogP contribution in [0.15, 0.2) is 42.6 Å². The fraction of sp³-hybridized carbons (Fsp3) is 0.464. The number of carbonyl (C=O) groups excluding carboxylic acids is 1. The normalized spacial score (nSPS) is 18.6. The molecular weight excluding hydrogens is 472 g/mol.